The maximum atomic E-state index is 5.91. The van der Waals surface area contributed by atoms with Crippen molar-refractivity contribution in [3.8, 4) is 11.3 Å². The molecule has 17 heavy (non-hydrogen) atoms. The smallest absolute Gasteiger partial charge is 0.134 e. The molecule has 1 saturated carbocycles. The van der Waals surface area contributed by atoms with E-state index >= 15 is 0 Å². The van der Waals surface area contributed by atoms with Crippen LogP contribution in [0.3, 0.4) is 0 Å². The molecule has 1 aromatic heterocycles. The Labute approximate surface area is 101 Å². The predicted octanol–water partition coefficient (Wildman–Crippen LogP) is 3.32. The van der Waals surface area contributed by atoms with Crippen LogP contribution in [0.4, 0.5) is 0 Å². The first-order valence-corrected chi connectivity index (χ1v) is 6.15. The molecule has 2 aromatic rings. The van der Waals surface area contributed by atoms with E-state index in [0.29, 0.717) is 11.8 Å². The highest BCUT2D eigenvalue weighted by Crippen LogP contribution is 2.47. The first-order chi connectivity index (χ1) is 8.28. The number of hydrogen-bond donors (Lipinski definition) is 1. The average Bonchev–Trinajstić information content (AvgIpc) is 2.99. The highest BCUT2D eigenvalue weighted by Gasteiger charge is 2.39. The quantitative estimate of drug-likeness (QED) is 0.873. The normalized spacial score (nSPS) is 22.7. The van der Waals surface area contributed by atoms with Gasteiger partial charge in [-0.05, 0) is 37.9 Å². The van der Waals surface area contributed by atoms with Gasteiger partial charge in [-0.3, -0.25) is 0 Å². The maximum absolute atomic E-state index is 5.91. The summed E-state index contributed by atoms with van der Waals surface area (Å²) in [6.07, 6.45) is 1.18. The molecule has 1 heterocycles. The molecule has 3 rings (SSSR count). The minimum absolute atomic E-state index is 0.555. The Morgan fingerprint density at radius 2 is 1.94 bits per heavy atom. The molecular formula is C15H17NO. The van der Waals surface area contributed by atoms with E-state index in [0.717, 1.165) is 23.6 Å². The second-order valence-electron chi connectivity index (χ2n) is 4.91. The monoisotopic (exact) mass is 227 g/mol. The SMILES string of the molecule is Cc1ccc(-c2ccc([C@@H]3C[C@H]3CN)o2)cc1. The number of aryl methyl sites for hydroxylation is 1. The molecule has 1 fully saturated rings. The van der Waals surface area contributed by atoms with E-state index in [-0.39, 0.29) is 0 Å². The molecule has 0 spiro atoms. The van der Waals surface area contributed by atoms with E-state index in [1.807, 2.05) is 0 Å². The van der Waals surface area contributed by atoms with Crippen LogP contribution in [0.25, 0.3) is 11.3 Å². The molecule has 0 saturated heterocycles. The highest BCUT2D eigenvalue weighted by atomic mass is 16.3. The topological polar surface area (TPSA) is 39.2 Å². The summed E-state index contributed by atoms with van der Waals surface area (Å²) in [4.78, 5) is 0. The standard InChI is InChI=1S/C15H17NO/c1-10-2-4-11(5-3-10)14-6-7-15(17-14)13-8-12(13)9-16/h2-7,12-13H,8-9,16H2,1H3/t12-,13+/m0/s1. The van der Waals surface area contributed by atoms with E-state index in [9.17, 15) is 0 Å². The minimum Gasteiger partial charge on any atom is -0.461 e. The van der Waals surface area contributed by atoms with Crippen LogP contribution in [-0.2, 0) is 0 Å². The van der Waals surface area contributed by atoms with Crippen molar-refractivity contribution in [1.82, 2.24) is 0 Å². The van der Waals surface area contributed by atoms with Gasteiger partial charge >= 0.3 is 0 Å². The van der Waals surface area contributed by atoms with Crippen molar-refractivity contribution >= 4 is 0 Å². The Morgan fingerprint density at radius 3 is 2.59 bits per heavy atom. The predicted molar refractivity (Wildman–Crippen MR) is 68.8 cm³/mol. The van der Waals surface area contributed by atoms with E-state index in [1.54, 1.807) is 0 Å². The van der Waals surface area contributed by atoms with E-state index < -0.39 is 0 Å². The Bertz CT molecular complexity index is 512. The van der Waals surface area contributed by atoms with Crippen LogP contribution in [0.5, 0.6) is 0 Å². The van der Waals surface area contributed by atoms with Gasteiger partial charge in [-0.25, -0.2) is 0 Å². The van der Waals surface area contributed by atoms with Gasteiger partial charge in [-0.1, -0.05) is 29.8 Å². The van der Waals surface area contributed by atoms with Crippen molar-refractivity contribution in [2.75, 3.05) is 6.54 Å². The second-order valence-corrected chi connectivity index (χ2v) is 4.91. The zero-order valence-electron chi connectivity index (χ0n) is 10.0. The molecule has 0 aliphatic heterocycles. The summed E-state index contributed by atoms with van der Waals surface area (Å²) in [6.45, 7) is 2.86. The zero-order valence-corrected chi connectivity index (χ0v) is 10.0. The Morgan fingerprint density at radius 1 is 1.18 bits per heavy atom. The lowest BCUT2D eigenvalue weighted by Crippen LogP contribution is -2.01. The molecule has 2 N–H and O–H groups in total. The fourth-order valence-corrected chi connectivity index (χ4v) is 2.28. The van der Waals surface area contributed by atoms with Crippen LogP contribution in [0.1, 0.15) is 23.7 Å². The van der Waals surface area contributed by atoms with E-state index in [1.165, 1.54) is 12.0 Å². The summed E-state index contributed by atoms with van der Waals surface area (Å²) in [6, 6.07) is 12.6. The summed E-state index contributed by atoms with van der Waals surface area (Å²) in [5.74, 6) is 3.24. The van der Waals surface area contributed by atoms with Gasteiger partial charge in [0.15, 0.2) is 0 Å². The van der Waals surface area contributed by atoms with Gasteiger partial charge in [0.25, 0.3) is 0 Å². The van der Waals surface area contributed by atoms with Crippen molar-refractivity contribution in [3.05, 3.63) is 47.7 Å². The first kappa shape index (κ1) is 10.6. The van der Waals surface area contributed by atoms with Gasteiger partial charge in [0.05, 0.1) is 0 Å². The highest BCUT2D eigenvalue weighted by molar-refractivity contribution is 5.58. The first-order valence-electron chi connectivity index (χ1n) is 6.15. The average molecular weight is 227 g/mol. The summed E-state index contributed by atoms with van der Waals surface area (Å²) in [5.41, 5.74) is 8.07. The summed E-state index contributed by atoms with van der Waals surface area (Å²) >= 11 is 0. The molecule has 1 aliphatic carbocycles. The molecule has 2 heteroatoms. The van der Waals surface area contributed by atoms with Crippen molar-refractivity contribution in [1.29, 1.82) is 0 Å². The van der Waals surface area contributed by atoms with Crippen LogP contribution in [0, 0.1) is 12.8 Å². The fraction of sp³-hybridized carbons (Fsp3) is 0.333. The number of furan rings is 1. The molecule has 0 amide bonds. The number of nitrogens with two attached hydrogens (primary N) is 1. The van der Waals surface area contributed by atoms with Crippen molar-refractivity contribution < 1.29 is 4.42 Å². The van der Waals surface area contributed by atoms with Crippen molar-refractivity contribution in [2.24, 2.45) is 11.7 Å². The van der Waals surface area contributed by atoms with Crippen LogP contribution in [0.2, 0.25) is 0 Å². The number of benzene rings is 1. The third-order valence-electron chi connectivity index (χ3n) is 3.55. The van der Waals surface area contributed by atoms with Gasteiger partial charge in [0.1, 0.15) is 11.5 Å². The fourth-order valence-electron chi connectivity index (χ4n) is 2.28. The number of hydrogen-bond acceptors (Lipinski definition) is 2. The van der Waals surface area contributed by atoms with Gasteiger partial charge < -0.3 is 10.2 Å². The molecule has 0 bridgehead atoms. The molecule has 0 radical (unpaired) electrons. The largest absolute Gasteiger partial charge is 0.461 e. The number of rotatable bonds is 3. The van der Waals surface area contributed by atoms with Crippen LogP contribution in [-0.4, -0.2) is 6.54 Å². The Balaban J connectivity index is 1.83. The van der Waals surface area contributed by atoms with Gasteiger partial charge in [-0.2, -0.15) is 0 Å². The lowest BCUT2D eigenvalue weighted by molar-refractivity contribution is 0.516. The van der Waals surface area contributed by atoms with Crippen LogP contribution < -0.4 is 5.73 Å². The van der Waals surface area contributed by atoms with Crippen LogP contribution >= 0.6 is 0 Å². The zero-order chi connectivity index (χ0) is 11.8. The molecule has 0 unspecified atom stereocenters. The van der Waals surface area contributed by atoms with Crippen LogP contribution in [0.15, 0.2) is 40.8 Å². The molecule has 88 valence electrons. The molecular weight excluding hydrogens is 210 g/mol. The Kier molecular flexibility index (Phi) is 2.52. The summed E-state index contributed by atoms with van der Waals surface area (Å²) in [5, 5.41) is 0. The van der Waals surface area contributed by atoms with E-state index in [4.69, 9.17) is 10.2 Å². The molecule has 2 atom stereocenters. The van der Waals surface area contributed by atoms with Crippen molar-refractivity contribution in [2.45, 2.75) is 19.3 Å². The van der Waals surface area contributed by atoms with Gasteiger partial charge in [0.2, 0.25) is 0 Å². The second kappa shape index (κ2) is 4.04. The van der Waals surface area contributed by atoms with Gasteiger partial charge in [0, 0.05) is 11.5 Å². The lowest BCUT2D eigenvalue weighted by atomic mass is 10.1. The summed E-state index contributed by atoms with van der Waals surface area (Å²) < 4.78 is 5.91. The third kappa shape index (κ3) is 2.01. The summed E-state index contributed by atoms with van der Waals surface area (Å²) in [7, 11) is 0. The molecule has 1 aromatic carbocycles. The lowest BCUT2D eigenvalue weighted by Gasteiger charge is -1.98. The van der Waals surface area contributed by atoms with Crippen molar-refractivity contribution in [3.63, 3.8) is 0 Å². The van der Waals surface area contributed by atoms with E-state index in [2.05, 4.69) is 43.3 Å². The maximum Gasteiger partial charge on any atom is 0.134 e. The molecule has 1 aliphatic rings. The minimum atomic E-state index is 0.555. The third-order valence-corrected chi connectivity index (χ3v) is 3.55. The Hall–Kier alpha value is -1.54. The molecule has 2 nitrogen and oxygen atoms in total. The van der Waals surface area contributed by atoms with Gasteiger partial charge in [-0.15, -0.1) is 0 Å².